The largest absolute Gasteiger partial charge is 0.481 e. The molecule has 1 aromatic heterocycles. The summed E-state index contributed by atoms with van der Waals surface area (Å²) in [6.45, 7) is 3.07. The molecular weight excluding hydrogens is 198 g/mol. The van der Waals surface area contributed by atoms with Crippen molar-refractivity contribution in [3.8, 4) is 0 Å². The highest BCUT2D eigenvalue weighted by molar-refractivity contribution is 5.96. The van der Waals surface area contributed by atoms with Crippen LogP contribution < -0.4 is 5.32 Å². The number of aliphatic carboxylic acids is 1. The Kier molecular flexibility index (Phi) is 3.43. The van der Waals surface area contributed by atoms with E-state index in [0.29, 0.717) is 5.82 Å². The number of rotatable bonds is 4. The lowest BCUT2D eigenvalue weighted by molar-refractivity contribution is -0.146. The number of nitrogens with one attached hydrogen (secondary N) is 2. The summed E-state index contributed by atoms with van der Waals surface area (Å²) in [6.07, 6.45) is 3.21. The van der Waals surface area contributed by atoms with E-state index in [2.05, 4.69) is 15.3 Å². The molecule has 0 saturated heterocycles. The molecule has 0 aliphatic carbocycles. The first kappa shape index (κ1) is 11.2. The van der Waals surface area contributed by atoms with Gasteiger partial charge in [0.25, 0.3) is 0 Å². The van der Waals surface area contributed by atoms with Gasteiger partial charge in [-0.2, -0.15) is 0 Å². The minimum atomic E-state index is -1.14. The Morgan fingerprint density at radius 3 is 2.67 bits per heavy atom. The molecule has 6 heteroatoms. The summed E-state index contributed by atoms with van der Waals surface area (Å²) in [4.78, 5) is 28.7. The number of carbonyl (C=O) groups is 2. The van der Waals surface area contributed by atoms with Gasteiger partial charge in [-0.25, -0.2) is 4.98 Å². The van der Waals surface area contributed by atoms with Gasteiger partial charge in [0.1, 0.15) is 11.7 Å². The first-order chi connectivity index (χ1) is 7.02. The summed E-state index contributed by atoms with van der Waals surface area (Å²) in [6, 6.07) is -0.325. The molecule has 1 heterocycles. The average Bonchev–Trinajstić information content (AvgIpc) is 2.68. The molecule has 0 bridgehead atoms. The van der Waals surface area contributed by atoms with E-state index < -0.39 is 17.8 Å². The molecule has 3 N–H and O–H groups in total. The van der Waals surface area contributed by atoms with Gasteiger partial charge in [0.15, 0.2) is 0 Å². The molecular formula is C9H13N3O3. The van der Waals surface area contributed by atoms with Crippen LogP contribution in [0.4, 0.5) is 0 Å². The second kappa shape index (κ2) is 4.59. The number of hydrogen-bond donors (Lipinski definition) is 3. The zero-order valence-corrected chi connectivity index (χ0v) is 8.52. The van der Waals surface area contributed by atoms with Gasteiger partial charge in [0, 0.05) is 12.4 Å². The van der Waals surface area contributed by atoms with Gasteiger partial charge in [0.2, 0.25) is 5.91 Å². The lowest BCUT2D eigenvalue weighted by Crippen LogP contribution is -2.35. The lowest BCUT2D eigenvalue weighted by Gasteiger charge is -2.13. The molecule has 1 rings (SSSR count). The van der Waals surface area contributed by atoms with Crippen LogP contribution in [0.2, 0.25) is 0 Å². The molecule has 2 atom stereocenters. The lowest BCUT2D eigenvalue weighted by atomic mass is 10.1. The number of H-pyrrole nitrogens is 1. The van der Waals surface area contributed by atoms with Crippen molar-refractivity contribution in [3.63, 3.8) is 0 Å². The first-order valence-electron chi connectivity index (χ1n) is 4.55. The Hall–Kier alpha value is -1.85. The number of imidazole rings is 1. The van der Waals surface area contributed by atoms with Gasteiger partial charge in [-0.15, -0.1) is 0 Å². The van der Waals surface area contributed by atoms with Crippen molar-refractivity contribution in [2.75, 3.05) is 0 Å². The number of amides is 1. The zero-order valence-electron chi connectivity index (χ0n) is 8.52. The van der Waals surface area contributed by atoms with Crippen molar-refractivity contribution in [3.05, 3.63) is 18.2 Å². The van der Waals surface area contributed by atoms with Crippen LogP contribution in [0.3, 0.4) is 0 Å². The van der Waals surface area contributed by atoms with Crippen LogP contribution in [0, 0.1) is 5.92 Å². The van der Waals surface area contributed by atoms with Crippen molar-refractivity contribution >= 4 is 11.9 Å². The molecule has 0 aromatic carbocycles. The highest BCUT2D eigenvalue weighted by atomic mass is 16.4. The van der Waals surface area contributed by atoms with E-state index in [4.69, 9.17) is 5.11 Å². The normalized spacial score (nSPS) is 14.3. The zero-order chi connectivity index (χ0) is 11.4. The number of carbonyl (C=O) groups excluding carboxylic acids is 1. The average molecular weight is 211 g/mol. The van der Waals surface area contributed by atoms with Crippen LogP contribution in [0.15, 0.2) is 12.4 Å². The minimum Gasteiger partial charge on any atom is -0.481 e. The van der Waals surface area contributed by atoms with Crippen molar-refractivity contribution in [1.29, 1.82) is 0 Å². The maximum absolute atomic E-state index is 11.4. The van der Waals surface area contributed by atoms with Crippen LogP contribution in [0.25, 0.3) is 0 Å². The molecule has 0 aliphatic heterocycles. The fourth-order valence-electron chi connectivity index (χ4n) is 1.03. The van der Waals surface area contributed by atoms with E-state index >= 15 is 0 Å². The van der Waals surface area contributed by atoms with Gasteiger partial charge in [-0.3, -0.25) is 9.59 Å². The fraction of sp³-hybridized carbons (Fsp3) is 0.444. The Bertz CT molecular complexity index is 347. The molecule has 1 aromatic rings. The SMILES string of the molecule is CC(C(=O)O)C(=O)NC(C)c1ncc[nH]1. The predicted molar refractivity (Wildman–Crippen MR) is 51.9 cm³/mol. The number of aromatic amines is 1. The monoisotopic (exact) mass is 211 g/mol. The van der Waals surface area contributed by atoms with Crippen LogP contribution in [-0.2, 0) is 9.59 Å². The van der Waals surface area contributed by atoms with Crippen molar-refractivity contribution in [1.82, 2.24) is 15.3 Å². The number of carboxylic acids is 1. The molecule has 1 amide bonds. The summed E-state index contributed by atoms with van der Waals surface area (Å²) in [5.41, 5.74) is 0. The van der Waals surface area contributed by atoms with Crippen molar-refractivity contribution in [2.24, 2.45) is 5.92 Å². The van der Waals surface area contributed by atoms with Crippen LogP contribution in [0.1, 0.15) is 25.7 Å². The molecule has 82 valence electrons. The van der Waals surface area contributed by atoms with Gasteiger partial charge in [-0.1, -0.05) is 0 Å². The molecule has 0 aliphatic rings. The van der Waals surface area contributed by atoms with E-state index in [9.17, 15) is 9.59 Å². The van der Waals surface area contributed by atoms with Gasteiger partial charge in [-0.05, 0) is 13.8 Å². The van der Waals surface area contributed by atoms with E-state index in [1.165, 1.54) is 6.92 Å². The van der Waals surface area contributed by atoms with Gasteiger partial charge in [0.05, 0.1) is 6.04 Å². The van der Waals surface area contributed by atoms with Gasteiger partial charge < -0.3 is 15.4 Å². The summed E-state index contributed by atoms with van der Waals surface area (Å²) in [7, 11) is 0. The quantitative estimate of drug-likeness (QED) is 0.624. The van der Waals surface area contributed by atoms with Crippen LogP contribution in [-0.4, -0.2) is 27.0 Å². The summed E-state index contributed by atoms with van der Waals surface area (Å²) in [5.74, 6) is -2.12. The van der Waals surface area contributed by atoms with E-state index in [1.54, 1.807) is 19.3 Å². The molecule has 0 radical (unpaired) electrons. The third-order valence-electron chi connectivity index (χ3n) is 2.05. The second-order valence-corrected chi connectivity index (χ2v) is 3.26. The maximum Gasteiger partial charge on any atom is 0.315 e. The minimum absolute atomic E-state index is 0.325. The van der Waals surface area contributed by atoms with Gasteiger partial charge >= 0.3 is 5.97 Å². The van der Waals surface area contributed by atoms with E-state index in [1.807, 2.05) is 0 Å². The van der Waals surface area contributed by atoms with Crippen molar-refractivity contribution < 1.29 is 14.7 Å². The summed E-state index contributed by atoms with van der Waals surface area (Å²) in [5, 5.41) is 11.2. The molecule has 0 fully saturated rings. The number of aromatic nitrogens is 2. The maximum atomic E-state index is 11.4. The third-order valence-corrected chi connectivity index (χ3v) is 2.05. The topological polar surface area (TPSA) is 95.1 Å². The molecule has 2 unspecified atom stereocenters. The first-order valence-corrected chi connectivity index (χ1v) is 4.55. The highest BCUT2D eigenvalue weighted by Crippen LogP contribution is 2.06. The number of nitrogens with zero attached hydrogens (tertiary/aromatic N) is 1. The predicted octanol–water partition coefficient (Wildman–Crippen LogP) is 0.308. The van der Waals surface area contributed by atoms with Crippen LogP contribution in [0.5, 0.6) is 0 Å². The summed E-state index contributed by atoms with van der Waals surface area (Å²) < 4.78 is 0. The van der Waals surface area contributed by atoms with Crippen molar-refractivity contribution in [2.45, 2.75) is 19.9 Å². The fourth-order valence-corrected chi connectivity index (χ4v) is 1.03. The smallest absolute Gasteiger partial charge is 0.315 e. The summed E-state index contributed by atoms with van der Waals surface area (Å²) >= 11 is 0. The number of hydrogen-bond acceptors (Lipinski definition) is 3. The molecule has 0 saturated carbocycles. The molecule has 15 heavy (non-hydrogen) atoms. The van der Waals surface area contributed by atoms with Crippen LogP contribution >= 0.6 is 0 Å². The Labute approximate surface area is 86.7 Å². The Balaban J connectivity index is 2.56. The Morgan fingerprint density at radius 1 is 1.53 bits per heavy atom. The highest BCUT2D eigenvalue weighted by Gasteiger charge is 2.22. The van der Waals surface area contributed by atoms with E-state index in [-0.39, 0.29) is 6.04 Å². The molecule has 0 spiro atoms. The number of carboxylic acid groups (broad SMARTS) is 1. The van der Waals surface area contributed by atoms with E-state index in [0.717, 1.165) is 0 Å². The standard InChI is InChI=1S/C9H13N3O3/c1-5(9(14)15)8(13)12-6(2)7-10-3-4-11-7/h3-6H,1-2H3,(H,10,11)(H,12,13)(H,14,15). The molecule has 6 nitrogen and oxygen atoms in total. The Morgan fingerprint density at radius 2 is 2.20 bits per heavy atom. The second-order valence-electron chi connectivity index (χ2n) is 3.26. The third kappa shape index (κ3) is 2.80.